The summed E-state index contributed by atoms with van der Waals surface area (Å²) in [4.78, 5) is 11.5. The summed E-state index contributed by atoms with van der Waals surface area (Å²) < 4.78 is 0. The lowest BCUT2D eigenvalue weighted by atomic mass is 10.1. The zero-order valence-corrected chi connectivity index (χ0v) is 8.84. The molecule has 1 aromatic rings. The largest absolute Gasteiger partial charge is 0.396 e. The molecule has 2 nitrogen and oxygen atoms in total. The van der Waals surface area contributed by atoms with Crippen LogP contribution in [0.2, 0.25) is 5.02 Å². The van der Waals surface area contributed by atoms with E-state index in [4.69, 9.17) is 16.7 Å². The van der Waals surface area contributed by atoms with Crippen LogP contribution in [0.15, 0.2) is 18.2 Å². The maximum Gasteiger partial charge on any atom is 0.163 e. The first-order chi connectivity index (χ1) is 6.65. The van der Waals surface area contributed by atoms with Gasteiger partial charge < -0.3 is 5.11 Å². The highest BCUT2D eigenvalue weighted by Gasteiger charge is 2.06. The van der Waals surface area contributed by atoms with E-state index >= 15 is 0 Å². The van der Waals surface area contributed by atoms with E-state index in [1.807, 2.05) is 13.0 Å². The van der Waals surface area contributed by atoms with Crippen molar-refractivity contribution in [1.29, 1.82) is 0 Å². The molecule has 0 aliphatic rings. The van der Waals surface area contributed by atoms with Gasteiger partial charge in [0.05, 0.1) is 0 Å². The Balaban J connectivity index is 2.76. The van der Waals surface area contributed by atoms with Gasteiger partial charge in [0, 0.05) is 23.6 Å². The third-order valence-corrected chi connectivity index (χ3v) is 2.46. The van der Waals surface area contributed by atoms with Gasteiger partial charge in [0.1, 0.15) is 0 Å². The molecular formula is C11H13ClO2. The second kappa shape index (κ2) is 5.13. The second-order valence-corrected chi connectivity index (χ2v) is 3.62. The summed E-state index contributed by atoms with van der Waals surface area (Å²) in [5.41, 5.74) is 1.58. The van der Waals surface area contributed by atoms with Crippen LogP contribution in [0.25, 0.3) is 0 Å². The van der Waals surface area contributed by atoms with Crippen LogP contribution in [-0.4, -0.2) is 17.5 Å². The number of aliphatic hydroxyl groups excluding tert-OH is 1. The van der Waals surface area contributed by atoms with Crippen molar-refractivity contribution in [2.45, 2.75) is 19.8 Å². The number of hydrogen-bond donors (Lipinski definition) is 1. The van der Waals surface area contributed by atoms with Gasteiger partial charge >= 0.3 is 0 Å². The summed E-state index contributed by atoms with van der Waals surface area (Å²) in [5.74, 6) is 0.0287. The van der Waals surface area contributed by atoms with Gasteiger partial charge in [0.15, 0.2) is 5.78 Å². The molecule has 76 valence electrons. The minimum Gasteiger partial charge on any atom is -0.396 e. The normalized spacial score (nSPS) is 10.2. The molecule has 0 radical (unpaired) electrons. The van der Waals surface area contributed by atoms with Crippen molar-refractivity contribution in [2.24, 2.45) is 0 Å². The van der Waals surface area contributed by atoms with Crippen LogP contribution >= 0.6 is 11.6 Å². The van der Waals surface area contributed by atoms with Crippen molar-refractivity contribution in [2.75, 3.05) is 6.61 Å². The van der Waals surface area contributed by atoms with Crippen molar-refractivity contribution in [3.63, 3.8) is 0 Å². The van der Waals surface area contributed by atoms with Crippen LogP contribution in [0.4, 0.5) is 0 Å². The number of halogens is 1. The molecule has 0 aromatic heterocycles. The minimum absolute atomic E-state index is 0.0287. The van der Waals surface area contributed by atoms with Gasteiger partial charge in [-0.05, 0) is 25.0 Å². The van der Waals surface area contributed by atoms with E-state index in [9.17, 15) is 4.79 Å². The molecular weight excluding hydrogens is 200 g/mol. The van der Waals surface area contributed by atoms with Crippen LogP contribution in [0.3, 0.4) is 0 Å². The Morgan fingerprint density at radius 1 is 1.50 bits per heavy atom. The molecule has 0 saturated heterocycles. The average molecular weight is 213 g/mol. The van der Waals surface area contributed by atoms with Crippen LogP contribution in [0, 0.1) is 6.92 Å². The smallest absolute Gasteiger partial charge is 0.163 e. The van der Waals surface area contributed by atoms with E-state index in [2.05, 4.69) is 0 Å². The monoisotopic (exact) mass is 212 g/mol. The van der Waals surface area contributed by atoms with Crippen LogP contribution in [0.1, 0.15) is 28.8 Å². The average Bonchev–Trinajstić information content (AvgIpc) is 2.18. The van der Waals surface area contributed by atoms with E-state index in [1.165, 1.54) is 0 Å². The Hall–Kier alpha value is -0.860. The number of Topliss-reactive ketones (excluding diaryl/α,β-unsaturated/α-hetero) is 1. The lowest BCUT2D eigenvalue weighted by Crippen LogP contribution is -2.00. The summed E-state index contributed by atoms with van der Waals surface area (Å²) in [5, 5.41) is 9.19. The molecule has 1 N–H and O–H groups in total. The molecule has 0 aliphatic carbocycles. The van der Waals surface area contributed by atoms with Crippen molar-refractivity contribution >= 4 is 17.4 Å². The summed E-state index contributed by atoms with van der Waals surface area (Å²) in [6.45, 7) is 1.94. The Kier molecular flexibility index (Phi) is 4.11. The lowest BCUT2D eigenvalue weighted by molar-refractivity contribution is 0.0971. The molecule has 0 heterocycles. The molecule has 0 unspecified atom stereocenters. The van der Waals surface area contributed by atoms with Crippen molar-refractivity contribution in [3.8, 4) is 0 Å². The molecule has 0 bridgehead atoms. The molecule has 0 amide bonds. The fraction of sp³-hybridized carbons (Fsp3) is 0.364. The number of ketones is 1. The summed E-state index contributed by atoms with van der Waals surface area (Å²) in [6, 6.07) is 5.27. The van der Waals surface area contributed by atoms with Gasteiger partial charge in [-0.3, -0.25) is 4.79 Å². The zero-order chi connectivity index (χ0) is 10.6. The molecule has 0 saturated carbocycles. The fourth-order valence-electron chi connectivity index (χ4n) is 1.15. The highest BCUT2D eigenvalue weighted by atomic mass is 35.5. The second-order valence-electron chi connectivity index (χ2n) is 3.21. The molecule has 3 heteroatoms. The quantitative estimate of drug-likeness (QED) is 0.779. The third kappa shape index (κ3) is 2.82. The number of aryl methyl sites for hydroxylation is 1. The van der Waals surface area contributed by atoms with Crippen LogP contribution < -0.4 is 0 Å². The predicted molar refractivity (Wildman–Crippen MR) is 56.8 cm³/mol. The molecule has 0 spiro atoms. The Morgan fingerprint density at radius 3 is 2.79 bits per heavy atom. The maximum absolute atomic E-state index is 11.5. The van der Waals surface area contributed by atoms with E-state index in [0.29, 0.717) is 23.4 Å². The number of carbonyl (C=O) groups is 1. The first kappa shape index (κ1) is 11.2. The topological polar surface area (TPSA) is 37.3 Å². The van der Waals surface area contributed by atoms with Crippen molar-refractivity contribution < 1.29 is 9.90 Å². The fourth-order valence-corrected chi connectivity index (χ4v) is 1.33. The van der Waals surface area contributed by atoms with Gasteiger partial charge in [-0.2, -0.15) is 0 Å². The molecule has 1 rings (SSSR count). The van der Waals surface area contributed by atoms with E-state index in [-0.39, 0.29) is 12.4 Å². The van der Waals surface area contributed by atoms with Crippen LogP contribution in [-0.2, 0) is 0 Å². The van der Waals surface area contributed by atoms with Gasteiger partial charge in [-0.1, -0.05) is 23.7 Å². The number of hydrogen-bond acceptors (Lipinski definition) is 2. The maximum atomic E-state index is 11.5. The lowest BCUT2D eigenvalue weighted by Gasteiger charge is -2.02. The predicted octanol–water partition coefficient (Wildman–Crippen LogP) is 2.60. The van der Waals surface area contributed by atoms with E-state index in [0.717, 1.165) is 5.56 Å². The van der Waals surface area contributed by atoms with Crippen molar-refractivity contribution in [3.05, 3.63) is 34.3 Å². The highest BCUT2D eigenvalue weighted by Crippen LogP contribution is 2.17. The van der Waals surface area contributed by atoms with E-state index in [1.54, 1.807) is 12.1 Å². The first-order valence-electron chi connectivity index (χ1n) is 4.55. The number of carbonyl (C=O) groups excluding carboxylic acids is 1. The van der Waals surface area contributed by atoms with Gasteiger partial charge in [0.2, 0.25) is 0 Å². The highest BCUT2D eigenvalue weighted by molar-refractivity contribution is 6.31. The molecule has 0 atom stereocenters. The Bertz CT molecular complexity index is 334. The summed E-state index contributed by atoms with van der Waals surface area (Å²) in [6.07, 6.45) is 0.875. The molecule has 1 aromatic carbocycles. The molecule has 14 heavy (non-hydrogen) atoms. The standard InChI is InChI=1S/C11H13ClO2/c1-8-4-5-9(7-10(8)12)11(14)3-2-6-13/h4-5,7,13H,2-3,6H2,1H3. The number of benzene rings is 1. The van der Waals surface area contributed by atoms with Gasteiger partial charge in [-0.25, -0.2) is 0 Å². The molecule has 0 fully saturated rings. The van der Waals surface area contributed by atoms with Crippen LogP contribution in [0.5, 0.6) is 0 Å². The van der Waals surface area contributed by atoms with E-state index < -0.39 is 0 Å². The zero-order valence-electron chi connectivity index (χ0n) is 8.09. The molecule has 0 aliphatic heterocycles. The first-order valence-corrected chi connectivity index (χ1v) is 4.93. The number of aliphatic hydroxyl groups is 1. The van der Waals surface area contributed by atoms with Crippen molar-refractivity contribution in [1.82, 2.24) is 0 Å². The summed E-state index contributed by atoms with van der Waals surface area (Å²) in [7, 11) is 0. The summed E-state index contributed by atoms with van der Waals surface area (Å²) >= 11 is 5.89. The minimum atomic E-state index is 0.0287. The Labute approximate surface area is 88.5 Å². The van der Waals surface area contributed by atoms with Gasteiger partial charge in [0.25, 0.3) is 0 Å². The van der Waals surface area contributed by atoms with Gasteiger partial charge in [-0.15, -0.1) is 0 Å². The Morgan fingerprint density at radius 2 is 2.21 bits per heavy atom. The third-order valence-electron chi connectivity index (χ3n) is 2.06. The number of rotatable bonds is 4. The SMILES string of the molecule is Cc1ccc(C(=O)CCCO)cc1Cl.